The summed E-state index contributed by atoms with van der Waals surface area (Å²) in [5.74, 6) is -1.11. The Bertz CT molecular complexity index is 1390. The van der Waals surface area contributed by atoms with Gasteiger partial charge in [-0.05, 0) is 41.0 Å². The van der Waals surface area contributed by atoms with Gasteiger partial charge in [0.25, 0.3) is 0 Å². The van der Waals surface area contributed by atoms with Gasteiger partial charge in [-0.2, -0.15) is 5.10 Å². The van der Waals surface area contributed by atoms with Gasteiger partial charge in [-0.25, -0.2) is 9.59 Å². The fourth-order valence-electron chi connectivity index (χ4n) is 3.62. The Morgan fingerprint density at radius 1 is 1.06 bits per heavy atom. The predicted octanol–water partition coefficient (Wildman–Crippen LogP) is 4.84. The van der Waals surface area contributed by atoms with Crippen LogP contribution in [0.15, 0.2) is 54.9 Å². The van der Waals surface area contributed by atoms with Gasteiger partial charge in [0.1, 0.15) is 9.88 Å². The number of anilines is 2. The lowest BCUT2D eigenvalue weighted by molar-refractivity contribution is 0.0601. The van der Waals surface area contributed by atoms with Crippen molar-refractivity contribution >= 4 is 62.1 Å². The van der Waals surface area contributed by atoms with Gasteiger partial charge in [0, 0.05) is 6.20 Å². The first kappa shape index (κ1) is 23.4. The number of hydrogen-bond acceptors (Lipinski definition) is 7. The highest BCUT2D eigenvalue weighted by atomic mass is 32.1. The van der Waals surface area contributed by atoms with Crippen molar-refractivity contribution in [2.45, 2.75) is 13.5 Å². The van der Waals surface area contributed by atoms with E-state index in [1.165, 1.54) is 25.0 Å². The van der Waals surface area contributed by atoms with E-state index in [1.54, 1.807) is 13.1 Å². The summed E-state index contributed by atoms with van der Waals surface area (Å²) in [5.41, 5.74) is 2.54. The Morgan fingerprint density at radius 2 is 1.79 bits per heavy atom. The normalized spacial score (nSPS) is 10.7. The molecule has 0 bridgehead atoms. The van der Waals surface area contributed by atoms with Gasteiger partial charge in [0.2, 0.25) is 0 Å². The number of benzene rings is 2. The molecule has 2 aromatic carbocycles. The molecule has 0 aliphatic rings. The molecule has 10 heteroatoms. The zero-order valence-corrected chi connectivity index (χ0v) is 20.4. The molecule has 2 heterocycles. The first-order chi connectivity index (χ1) is 16.4. The van der Waals surface area contributed by atoms with Gasteiger partial charge < -0.3 is 20.1 Å². The largest absolute Gasteiger partial charge is 0.465 e. The molecule has 4 rings (SSSR count). The third-order valence-electron chi connectivity index (χ3n) is 5.24. The van der Waals surface area contributed by atoms with Crippen LogP contribution in [0, 0.1) is 6.92 Å². The molecule has 2 aromatic heterocycles. The zero-order valence-electron chi connectivity index (χ0n) is 18.7. The number of hydrogen-bond donors (Lipinski definition) is 2. The van der Waals surface area contributed by atoms with Crippen molar-refractivity contribution in [2.75, 3.05) is 24.9 Å². The second-order valence-corrected chi connectivity index (χ2v) is 8.82. The molecule has 0 spiro atoms. The lowest BCUT2D eigenvalue weighted by Gasteiger charge is -2.09. The summed E-state index contributed by atoms with van der Waals surface area (Å²) < 4.78 is 11.5. The van der Waals surface area contributed by atoms with E-state index in [9.17, 15) is 9.59 Å². The number of nitrogens with zero attached hydrogens (tertiary/aromatic N) is 2. The number of methoxy groups -OCH3 is 2. The predicted molar refractivity (Wildman–Crippen MR) is 137 cm³/mol. The Hall–Kier alpha value is -3.76. The number of fused-ring (bicyclic) bond motifs is 1. The third kappa shape index (κ3) is 4.78. The number of rotatable bonds is 6. The summed E-state index contributed by atoms with van der Waals surface area (Å²) in [4.78, 5) is 24.7. The second-order valence-electron chi connectivity index (χ2n) is 7.39. The van der Waals surface area contributed by atoms with E-state index in [0.29, 0.717) is 27.7 Å². The van der Waals surface area contributed by atoms with Crippen molar-refractivity contribution in [3.63, 3.8) is 0 Å². The molecule has 0 unspecified atom stereocenters. The van der Waals surface area contributed by atoms with E-state index in [4.69, 9.17) is 21.7 Å². The number of thiophene rings is 1. The van der Waals surface area contributed by atoms with Crippen molar-refractivity contribution in [1.29, 1.82) is 0 Å². The number of carbonyl (C=O) groups is 2. The van der Waals surface area contributed by atoms with Crippen LogP contribution in [0.1, 0.15) is 31.2 Å². The topological polar surface area (TPSA) is 94.5 Å². The highest BCUT2D eigenvalue weighted by molar-refractivity contribution is 7.80. The number of esters is 2. The average molecular weight is 495 g/mol. The van der Waals surface area contributed by atoms with Gasteiger partial charge >= 0.3 is 11.9 Å². The van der Waals surface area contributed by atoms with Crippen molar-refractivity contribution in [3.8, 4) is 0 Å². The number of aromatic nitrogens is 2. The minimum absolute atomic E-state index is 0.240. The zero-order chi connectivity index (χ0) is 24.2. The second kappa shape index (κ2) is 10.0. The molecule has 0 atom stereocenters. The van der Waals surface area contributed by atoms with E-state index in [2.05, 4.69) is 40.0 Å². The lowest BCUT2D eigenvalue weighted by Crippen LogP contribution is -2.20. The molecule has 4 aromatic rings. The van der Waals surface area contributed by atoms with Gasteiger partial charge in [0.15, 0.2) is 5.11 Å². The Balaban J connectivity index is 1.49. The van der Waals surface area contributed by atoms with Crippen LogP contribution in [-0.4, -0.2) is 41.1 Å². The number of carbonyl (C=O) groups excluding carboxylic acids is 2. The Kier molecular flexibility index (Phi) is 6.90. The molecule has 34 heavy (non-hydrogen) atoms. The molecule has 0 radical (unpaired) electrons. The van der Waals surface area contributed by atoms with E-state index < -0.39 is 11.9 Å². The molecule has 174 valence electrons. The smallest absolute Gasteiger partial charge is 0.348 e. The standard InChI is InChI=1S/C24H22N4O4S2/c1-14-19(22(29)31-2)21(34-20(14)23(30)32-3)27-24(33)26-17-11-25-28(13-17)12-16-9-6-8-15-7-4-5-10-18(15)16/h4-11,13H,12H2,1-3H3,(H2,26,27,33). The van der Waals surface area contributed by atoms with Crippen molar-refractivity contribution < 1.29 is 19.1 Å². The summed E-state index contributed by atoms with van der Waals surface area (Å²) in [6.45, 7) is 2.26. The summed E-state index contributed by atoms with van der Waals surface area (Å²) >= 11 is 6.50. The summed E-state index contributed by atoms with van der Waals surface area (Å²) in [6, 6.07) is 14.4. The maximum Gasteiger partial charge on any atom is 0.348 e. The molecule has 0 saturated heterocycles. The van der Waals surface area contributed by atoms with Crippen LogP contribution >= 0.6 is 23.6 Å². The maximum atomic E-state index is 12.3. The van der Waals surface area contributed by atoms with E-state index in [1.807, 2.05) is 29.1 Å². The van der Waals surface area contributed by atoms with Crippen molar-refractivity contribution in [3.05, 3.63) is 76.4 Å². The van der Waals surface area contributed by atoms with Crippen LogP contribution in [-0.2, 0) is 16.0 Å². The first-order valence-electron chi connectivity index (χ1n) is 10.3. The summed E-state index contributed by atoms with van der Waals surface area (Å²) in [6.07, 6.45) is 3.51. The number of ether oxygens (including phenoxy) is 2. The van der Waals surface area contributed by atoms with Gasteiger partial charge in [-0.3, -0.25) is 4.68 Å². The molecular formula is C24H22N4O4S2. The van der Waals surface area contributed by atoms with Crippen molar-refractivity contribution in [2.24, 2.45) is 0 Å². The Morgan fingerprint density at radius 3 is 2.56 bits per heavy atom. The fraction of sp³-hybridized carbons (Fsp3) is 0.167. The number of nitrogens with one attached hydrogen (secondary N) is 2. The monoisotopic (exact) mass is 494 g/mol. The molecule has 2 N–H and O–H groups in total. The van der Waals surface area contributed by atoms with Gasteiger partial charge in [0.05, 0.1) is 38.2 Å². The first-order valence-corrected chi connectivity index (χ1v) is 11.5. The third-order valence-corrected chi connectivity index (χ3v) is 6.63. The van der Waals surface area contributed by atoms with E-state index in [-0.39, 0.29) is 10.7 Å². The van der Waals surface area contributed by atoms with E-state index in [0.717, 1.165) is 16.9 Å². The Labute approximate surface area is 205 Å². The van der Waals surface area contributed by atoms with Crippen LogP contribution in [0.5, 0.6) is 0 Å². The van der Waals surface area contributed by atoms with Gasteiger partial charge in [-0.15, -0.1) is 11.3 Å². The highest BCUT2D eigenvalue weighted by Gasteiger charge is 2.26. The molecular weight excluding hydrogens is 472 g/mol. The van der Waals surface area contributed by atoms with E-state index >= 15 is 0 Å². The molecule has 0 aliphatic carbocycles. The maximum absolute atomic E-state index is 12.3. The van der Waals surface area contributed by atoms with Crippen LogP contribution in [0.2, 0.25) is 0 Å². The molecule has 0 amide bonds. The average Bonchev–Trinajstić information content (AvgIpc) is 3.41. The molecule has 0 fully saturated rings. The SMILES string of the molecule is COC(=O)c1sc(NC(=S)Nc2cnn(Cc3cccc4ccccc34)c2)c(C(=O)OC)c1C. The van der Waals surface area contributed by atoms with Crippen LogP contribution in [0.4, 0.5) is 10.7 Å². The minimum atomic E-state index is -0.572. The quantitative estimate of drug-likeness (QED) is 0.291. The molecule has 8 nitrogen and oxygen atoms in total. The molecule has 0 aliphatic heterocycles. The van der Waals surface area contributed by atoms with Crippen LogP contribution in [0.25, 0.3) is 10.8 Å². The van der Waals surface area contributed by atoms with Gasteiger partial charge in [-0.1, -0.05) is 42.5 Å². The summed E-state index contributed by atoms with van der Waals surface area (Å²) in [5, 5.41) is 13.5. The number of thiocarbonyl (C=S) groups is 1. The molecule has 0 saturated carbocycles. The highest BCUT2D eigenvalue weighted by Crippen LogP contribution is 2.34. The fourth-order valence-corrected chi connectivity index (χ4v) is 5.02. The van der Waals surface area contributed by atoms with Crippen LogP contribution < -0.4 is 10.6 Å². The minimum Gasteiger partial charge on any atom is -0.465 e. The summed E-state index contributed by atoms with van der Waals surface area (Å²) in [7, 11) is 2.57. The van der Waals surface area contributed by atoms with Crippen LogP contribution in [0.3, 0.4) is 0 Å². The lowest BCUT2D eigenvalue weighted by atomic mass is 10.0. The van der Waals surface area contributed by atoms with Crippen molar-refractivity contribution in [1.82, 2.24) is 9.78 Å².